The number of alkyl halides is 4. The van der Waals surface area contributed by atoms with E-state index in [0.717, 1.165) is 12.1 Å². The maximum atomic E-state index is 15.9. The van der Waals surface area contributed by atoms with Crippen LogP contribution in [0.2, 0.25) is 0 Å². The molecular weight excluding hydrogens is 490 g/mol. The number of anilines is 1. The van der Waals surface area contributed by atoms with E-state index in [0.29, 0.717) is 12.8 Å². The smallest absolute Gasteiger partial charge is 0.396 e. The number of ether oxygens (including phenoxy) is 1. The standard InChI is InChI=1S/C24H22F6N4O2/c25-15-7-13-20(32-23(35)33-22(13)34-3-4-36-8-14-18(26)21(14)34)19(27)16(15)12-6-10(31)5-11(9-1-2-9)17(12)24(28,29)30/h5-7,9,11,14,17-18,21H,1-4,8,31H2,(H,32,33,35)/t11?,14-,17?,18-,21-/m1/s1. The number of fused-ring (bicyclic) bond motifs is 2. The molecule has 6 rings (SSSR count). The minimum Gasteiger partial charge on any atom is -0.399 e. The molecule has 0 radical (unpaired) electrons. The van der Waals surface area contributed by atoms with Crippen LogP contribution < -0.4 is 16.3 Å². The van der Waals surface area contributed by atoms with E-state index in [1.165, 1.54) is 11.0 Å². The Morgan fingerprint density at radius 1 is 1.22 bits per heavy atom. The molecule has 3 aliphatic carbocycles. The number of rotatable bonds is 3. The predicted octanol–water partition coefficient (Wildman–Crippen LogP) is 3.82. The van der Waals surface area contributed by atoms with E-state index in [4.69, 9.17) is 10.5 Å². The molecule has 12 heteroatoms. The quantitative estimate of drug-likeness (QED) is 0.611. The number of aromatic nitrogens is 2. The lowest BCUT2D eigenvalue weighted by atomic mass is 9.75. The number of halogens is 6. The normalized spacial score (nSPS) is 30.5. The van der Waals surface area contributed by atoms with Gasteiger partial charge in [0.05, 0.1) is 36.3 Å². The van der Waals surface area contributed by atoms with Crippen molar-refractivity contribution in [1.29, 1.82) is 0 Å². The topological polar surface area (TPSA) is 84.2 Å². The first-order valence-corrected chi connectivity index (χ1v) is 11.7. The molecule has 2 unspecified atom stereocenters. The fourth-order valence-electron chi connectivity index (χ4n) is 5.73. The molecular formula is C24H22F6N4O2. The second-order valence-electron chi connectivity index (χ2n) is 9.90. The van der Waals surface area contributed by atoms with Crippen molar-refractivity contribution in [2.75, 3.05) is 24.7 Å². The molecule has 0 bridgehead atoms. The Labute approximate surface area is 200 Å². The van der Waals surface area contributed by atoms with E-state index in [-0.39, 0.29) is 42.6 Å². The zero-order valence-electron chi connectivity index (χ0n) is 18.8. The third-order valence-electron chi connectivity index (χ3n) is 7.59. The average molecular weight is 512 g/mol. The van der Waals surface area contributed by atoms with Gasteiger partial charge in [-0.1, -0.05) is 6.08 Å². The fourth-order valence-corrected chi connectivity index (χ4v) is 5.73. The molecule has 2 heterocycles. The summed E-state index contributed by atoms with van der Waals surface area (Å²) in [5.74, 6) is -6.70. The lowest BCUT2D eigenvalue weighted by Gasteiger charge is -2.33. The minimum atomic E-state index is -4.79. The lowest BCUT2D eigenvalue weighted by Crippen LogP contribution is -2.35. The van der Waals surface area contributed by atoms with Crippen LogP contribution in [-0.4, -0.2) is 48.1 Å². The van der Waals surface area contributed by atoms with Gasteiger partial charge in [-0.15, -0.1) is 0 Å². The van der Waals surface area contributed by atoms with Gasteiger partial charge in [0.1, 0.15) is 17.8 Å². The molecule has 192 valence electrons. The van der Waals surface area contributed by atoms with Crippen molar-refractivity contribution in [1.82, 2.24) is 9.97 Å². The first kappa shape index (κ1) is 23.4. The summed E-state index contributed by atoms with van der Waals surface area (Å²) in [6, 6.07) is 0.174. The number of allylic oxidation sites excluding steroid dienone is 3. The van der Waals surface area contributed by atoms with Gasteiger partial charge in [-0.3, -0.25) is 0 Å². The van der Waals surface area contributed by atoms with Gasteiger partial charge >= 0.3 is 11.9 Å². The van der Waals surface area contributed by atoms with Crippen molar-refractivity contribution in [3.63, 3.8) is 0 Å². The number of H-pyrrole nitrogens is 1. The van der Waals surface area contributed by atoms with Gasteiger partial charge in [0, 0.05) is 23.5 Å². The van der Waals surface area contributed by atoms with Gasteiger partial charge in [0.15, 0.2) is 5.82 Å². The van der Waals surface area contributed by atoms with Crippen LogP contribution in [-0.2, 0) is 4.74 Å². The molecule has 1 saturated heterocycles. The van der Waals surface area contributed by atoms with Crippen molar-refractivity contribution >= 4 is 22.3 Å². The fraction of sp³-hybridized carbons (Fsp3) is 0.500. The van der Waals surface area contributed by atoms with Crippen molar-refractivity contribution in [3.8, 4) is 0 Å². The van der Waals surface area contributed by atoms with Crippen molar-refractivity contribution < 1.29 is 31.1 Å². The zero-order valence-corrected chi connectivity index (χ0v) is 18.8. The Bertz CT molecular complexity index is 1370. The highest BCUT2D eigenvalue weighted by Gasteiger charge is 2.57. The van der Waals surface area contributed by atoms with Crippen molar-refractivity contribution in [3.05, 3.63) is 51.6 Å². The average Bonchev–Trinajstić information content (AvgIpc) is 3.69. The molecule has 1 aromatic carbocycles. The van der Waals surface area contributed by atoms with E-state index in [2.05, 4.69) is 9.97 Å². The van der Waals surface area contributed by atoms with Crippen LogP contribution in [0.25, 0.3) is 16.5 Å². The largest absolute Gasteiger partial charge is 0.399 e. The molecule has 0 amide bonds. The number of nitrogens with two attached hydrogens (primary N) is 1. The van der Waals surface area contributed by atoms with Gasteiger partial charge in [-0.2, -0.15) is 18.2 Å². The van der Waals surface area contributed by atoms with Crippen molar-refractivity contribution in [2.45, 2.75) is 31.2 Å². The monoisotopic (exact) mass is 512 g/mol. The van der Waals surface area contributed by atoms with Gasteiger partial charge < -0.3 is 20.4 Å². The number of hydrogen-bond donors (Lipinski definition) is 2. The van der Waals surface area contributed by atoms with Crippen molar-refractivity contribution in [2.24, 2.45) is 29.4 Å². The van der Waals surface area contributed by atoms with Gasteiger partial charge in [0.25, 0.3) is 0 Å². The molecule has 5 atom stereocenters. The summed E-state index contributed by atoms with van der Waals surface area (Å²) in [5, 5.41) is -0.171. The molecule has 2 aromatic rings. The lowest BCUT2D eigenvalue weighted by molar-refractivity contribution is -0.168. The SMILES string of the molecule is NC1=CC(C2CC2)C(C(F)(F)F)C(c2c(F)cc3c(N4CCOC[C@@H]5[C@@H](F)[C@@H]54)nc(=O)[nH]c3c2F)=C1. The summed E-state index contributed by atoms with van der Waals surface area (Å²) in [7, 11) is 0. The molecule has 0 spiro atoms. The van der Waals surface area contributed by atoms with Gasteiger partial charge in [-0.25, -0.2) is 18.0 Å². The highest BCUT2D eigenvalue weighted by Crippen LogP contribution is 2.54. The Kier molecular flexibility index (Phi) is 5.19. The Morgan fingerprint density at radius 3 is 2.67 bits per heavy atom. The number of nitrogens with zero attached hydrogens (tertiary/aromatic N) is 2. The highest BCUT2D eigenvalue weighted by molar-refractivity contribution is 5.93. The van der Waals surface area contributed by atoms with Crippen LogP contribution in [0.4, 0.5) is 32.2 Å². The number of benzene rings is 1. The van der Waals surface area contributed by atoms with E-state index >= 15 is 8.78 Å². The second kappa shape index (κ2) is 7.99. The summed E-state index contributed by atoms with van der Waals surface area (Å²) in [6.07, 6.45) is -2.67. The Hall–Kier alpha value is -3.02. The molecule has 6 nitrogen and oxygen atoms in total. The first-order valence-electron chi connectivity index (χ1n) is 11.7. The molecule has 3 N–H and O–H groups in total. The number of nitrogens with one attached hydrogen (secondary N) is 1. The minimum absolute atomic E-state index is 0.0106. The van der Waals surface area contributed by atoms with Gasteiger partial charge in [0.2, 0.25) is 0 Å². The summed E-state index contributed by atoms with van der Waals surface area (Å²) in [6.45, 7) is 0.483. The summed E-state index contributed by atoms with van der Waals surface area (Å²) in [4.78, 5) is 19.9. The first-order chi connectivity index (χ1) is 17.1. The van der Waals surface area contributed by atoms with Crippen LogP contribution in [0.1, 0.15) is 18.4 Å². The molecule has 1 aliphatic heterocycles. The number of hydrogen-bond acceptors (Lipinski definition) is 5. The summed E-state index contributed by atoms with van der Waals surface area (Å²) < 4.78 is 93.9. The Morgan fingerprint density at radius 2 is 1.97 bits per heavy atom. The van der Waals surface area contributed by atoms with Crippen LogP contribution in [0.5, 0.6) is 0 Å². The van der Waals surface area contributed by atoms with Crippen LogP contribution in [0.15, 0.2) is 28.7 Å². The van der Waals surface area contributed by atoms with Gasteiger partial charge in [-0.05, 0) is 42.4 Å². The molecule has 4 aliphatic rings. The maximum absolute atomic E-state index is 15.9. The third-order valence-corrected chi connectivity index (χ3v) is 7.59. The van der Waals surface area contributed by atoms with Crippen LogP contribution in [0, 0.1) is 35.3 Å². The van der Waals surface area contributed by atoms with E-state index in [1.807, 2.05) is 0 Å². The highest BCUT2D eigenvalue weighted by atomic mass is 19.4. The van der Waals surface area contributed by atoms with E-state index in [1.54, 1.807) is 0 Å². The molecule has 2 saturated carbocycles. The number of aromatic amines is 1. The van der Waals surface area contributed by atoms with Crippen LogP contribution >= 0.6 is 0 Å². The molecule has 1 aromatic heterocycles. The molecule has 36 heavy (non-hydrogen) atoms. The van der Waals surface area contributed by atoms with E-state index in [9.17, 15) is 22.4 Å². The Balaban J connectivity index is 1.53. The predicted molar refractivity (Wildman–Crippen MR) is 119 cm³/mol. The zero-order chi connectivity index (χ0) is 25.5. The van der Waals surface area contributed by atoms with Crippen LogP contribution in [0.3, 0.4) is 0 Å². The summed E-state index contributed by atoms with van der Waals surface area (Å²) in [5.41, 5.74) is 2.86. The second-order valence-corrected chi connectivity index (χ2v) is 9.90. The van der Waals surface area contributed by atoms with E-state index < -0.39 is 70.1 Å². The third kappa shape index (κ3) is 3.68. The molecule has 3 fully saturated rings. The summed E-state index contributed by atoms with van der Waals surface area (Å²) >= 11 is 0. The maximum Gasteiger partial charge on any atom is 0.396 e.